The Labute approximate surface area is 253 Å². The van der Waals surface area contributed by atoms with Crippen molar-refractivity contribution in [3.63, 3.8) is 0 Å². The minimum atomic E-state index is 0.855. The Morgan fingerprint density at radius 3 is 1.58 bits per heavy atom. The predicted molar refractivity (Wildman–Crippen MR) is 175 cm³/mol. The zero-order valence-corrected chi connectivity index (χ0v) is 23.9. The van der Waals surface area contributed by atoms with Crippen LogP contribution in [0.2, 0.25) is 0 Å². The Balaban J connectivity index is 1.08. The van der Waals surface area contributed by atoms with E-state index in [-0.39, 0.29) is 0 Å². The molecule has 43 heavy (non-hydrogen) atoms. The lowest BCUT2D eigenvalue weighted by atomic mass is 9.95. The van der Waals surface area contributed by atoms with Gasteiger partial charge in [0, 0.05) is 39.0 Å². The van der Waals surface area contributed by atoms with Crippen molar-refractivity contribution in [1.82, 2.24) is 15.0 Å². The van der Waals surface area contributed by atoms with E-state index in [1.165, 1.54) is 43.7 Å². The standard InChI is InChI=1S/C37H25N5S/c1-3-11-32-25(9-1)23-26-10-2-4-12-33(26)40(32)27-17-19-28(20-18-27)42-38-30-22-21-29(24-31(30)39-42)41-34-13-5-7-15-36(34)43-37-16-8-6-14-35(37)41/h1-22,24H,23H2. The number of hydrogen-bond donors (Lipinski definition) is 0. The van der Waals surface area contributed by atoms with Gasteiger partial charge in [-0.25, -0.2) is 0 Å². The van der Waals surface area contributed by atoms with Gasteiger partial charge in [-0.05, 0) is 90.0 Å². The van der Waals surface area contributed by atoms with Gasteiger partial charge in [0.25, 0.3) is 0 Å². The summed E-state index contributed by atoms with van der Waals surface area (Å²) < 4.78 is 0. The fourth-order valence-corrected chi connectivity index (χ4v) is 7.30. The molecule has 1 aromatic heterocycles. The number of aromatic nitrogens is 3. The first-order valence-electron chi connectivity index (χ1n) is 14.4. The maximum absolute atomic E-state index is 4.92. The van der Waals surface area contributed by atoms with E-state index in [9.17, 15) is 0 Å². The molecule has 0 saturated carbocycles. The lowest BCUT2D eigenvalue weighted by Gasteiger charge is -2.33. The summed E-state index contributed by atoms with van der Waals surface area (Å²) in [4.78, 5) is 8.89. The van der Waals surface area contributed by atoms with Crippen molar-refractivity contribution in [3.05, 3.63) is 151 Å². The molecule has 204 valence electrons. The quantitative estimate of drug-likeness (QED) is 0.211. The molecule has 9 rings (SSSR count). The molecule has 5 nitrogen and oxygen atoms in total. The molecule has 0 unspecified atom stereocenters. The van der Waals surface area contributed by atoms with Crippen molar-refractivity contribution in [2.24, 2.45) is 0 Å². The highest BCUT2D eigenvalue weighted by molar-refractivity contribution is 7.99. The third-order valence-electron chi connectivity index (χ3n) is 8.24. The number of benzene rings is 6. The van der Waals surface area contributed by atoms with E-state index < -0.39 is 0 Å². The molecule has 7 aromatic rings. The van der Waals surface area contributed by atoms with Gasteiger partial charge in [0.15, 0.2) is 0 Å². The number of nitrogens with zero attached hydrogens (tertiary/aromatic N) is 5. The van der Waals surface area contributed by atoms with Gasteiger partial charge in [0.2, 0.25) is 0 Å². The van der Waals surface area contributed by atoms with Crippen molar-refractivity contribution < 1.29 is 0 Å². The van der Waals surface area contributed by atoms with Gasteiger partial charge in [0.05, 0.1) is 17.1 Å². The zero-order valence-electron chi connectivity index (χ0n) is 23.1. The van der Waals surface area contributed by atoms with Gasteiger partial charge in [0.1, 0.15) is 11.0 Å². The lowest BCUT2D eigenvalue weighted by Crippen LogP contribution is -2.18. The third kappa shape index (κ3) is 3.95. The van der Waals surface area contributed by atoms with Crippen LogP contribution in [0.25, 0.3) is 16.7 Å². The molecule has 0 atom stereocenters. The number of hydrogen-bond acceptors (Lipinski definition) is 5. The van der Waals surface area contributed by atoms with E-state index in [0.717, 1.165) is 34.5 Å². The Bertz CT molecular complexity index is 2080. The number of fused-ring (bicyclic) bond motifs is 5. The molecule has 0 spiro atoms. The van der Waals surface area contributed by atoms with Gasteiger partial charge in [-0.15, -0.1) is 10.2 Å². The zero-order chi connectivity index (χ0) is 28.3. The summed E-state index contributed by atoms with van der Waals surface area (Å²) in [7, 11) is 0. The van der Waals surface area contributed by atoms with Gasteiger partial charge in [-0.2, -0.15) is 4.80 Å². The highest BCUT2D eigenvalue weighted by atomic mass is 32.2. The van der Waals surface area contributed by atoms with Crippen LogP contribution in [0.1, 0.15) is 11.1 Å². The number of rotatable bonds is 3. The summed E-state index contributed by atoms with van der Waals surface area (Å²) in [6.07, 6.45) is 0.945. The van der Waals surface area contributed by atoms with Crippen LogP contribution < -0.4 is 9.80 Å². The van der Waals surface area contributed by atoms with Crippen LogP contribution in [0.15, 0.2) is 149 Å². The minimum absolute atomic E-state index is 0.855. The molecule has 0 amide bonds. The van der Waals surface area contributed by atoms with Gasteiger partial charge in [-0.3, -0.25) is 0 Å². The summed E-state index contributed by atoms with van der Waals surface area (Å²) in [5, 5.41) is 9.77. The average molecular weight is 572 g/mol. The summed E-state index contributed by atoms with van der Waals surface area (Å²) >= 11 is 1.81. The molecular formula is C37H25N5S. The molecule has 0 bridgehead atoms. The Hall–Kier alpha value is -5.33. The molecule has 0 aliphatic carbocycles. The average Bonchev–Trinajstić information content (AvgIpc) is 3.50. The summed E-state index contributed by atoms with van der Waals surface area (Å²) in [5.41, 5.74) is 12.3. The molecule has 2 aliphatic heterocycles. The van der Waals surface area contributed by atoms with Crippen molar-refractivity contribution >= 4 is 56.9 Å². The second kappa shape index (κ2) is 9.61. The van der Waals surface area contributed by atoms with E-state index in [1.807, 2.05) is 11.8 Å². The second-order valence-corrected chi connectivity index (χ2v) is 11.9. The first-order chi connectivity index (χ1) is 21.3. The van der Waals surface area contributed by atoms with E-state index >= 15 is 0 Å². The third-order valence-corrected chi connectivity index (χ3v) is 9.37. The van der Waals surface area contributed by atoms with Crippen LogP contribution in [0.5, 0.6) is 0 Å². The van der Waals surface area contributed by atoms with Crippen molar-refractivity contribution in [3.8, 4) is 5.69 Å². The van der Waals surface area contributed by atoms with Crippen molar-refractivity contribution in [1.29, 1.82) is 0 Å². The van der Waals surface area contributed by atoms with Gasteiger partial charge >= 0.3 is 0 Å². The highest BCUT2D eigenvalue weighted by Gasteiger charge is 2.25. The molecule has 0 N–H and O–H groups in total. The van der Waals surface area contributed by atoms with E-state index in [2.05, 4.69) is 149 Å². The van der Waals surface area contributed by atoms with Crippen molar-refractivity contribution in [2.45, 2.75) is 16.2 Å². The fraction of sp³-hybridized carbons (Fsp3) is 0.0270. The van der Waals surface area contributed by atoms with Crippen LogP contribution in [0, 0.1) is 0 Å². The number of anilines is 6. The SMILES string of the molecule is c1ccc2c(c1)Cc1ccccc1N2c1ccc(-n2nc3ccc(N4c5ccccc5Sc5ccccc54)cc3n2)cc1. The molecular weight excluding hydrogens is 547 g/mol. The Kier molecular flexibility index (Phi) is 5.43. The Morgan fingerprint density at radius 1 is 0.442 bits per heavy atom. The molecule has 3 heterocycles. The molecule has 6 heteroatoms. The summed E-state index contributed by atoms with van der Waals surface area (Å²) in [6, 6.07) is 49.3. The first-order valence-corrected chi connectivity index (χ1v) is 15.2. The number of para-hydroxylation sites is 4. The maximum Gasteiger partial charge on any atom is 0.115 e. The van der Waals surface area contributed by atoms with Gasteiger partial charge in [-0.1, -0.05) is 72.4 Å². The second-order valence-electron chi connectivity index (χ2n) is 10.8. The lowest BCUT2D eigenvalue weighted by molar-refractivity contribution is 0.765. The van der Waals surface area contributed by atoms with Crippen LogP contribution in [-0.4, -0.2) is 15.0 Å². The Morgan fingerprint density at radius 2 is 0.930 bits per heavy atom. The molecule has 0 radical (unpaired) electrons. The first kappa shape index (κ1) is 24.3. The summed E-state index contributed by atoms with van der Waals surface area (Å²) in [6.45, 7) is 0. The van der Waals surface area contributed by atoms with E-state index in [0.29, 0.717) is 0 Å². The summed E-state index contributed by atoms with van der Waals surface area (Å²) in [5.74, 6) is 0. The molecule has 0 saturated heterocycles. The highest BCUT2D eigenvalue weighted by Crippen LogP contribution is 2.51. The normalized spacial score (nSPS) is 13.3. The van der Waals surface area contributed by atoms with Crippen LogP contribution in [-0.2, 0) is 6.42 Å². The smallest absolute Gasteiger partial charge is 0.115 e. The minimum Gasteiger partial charge on any atom is -0.310 e. The largest absolute Gasteiger partial charge is 0.310 e. The van der Waals surface area contributed by atoms with Crippen LogP contribution in [0.3, 0.4) is 0 Å². The van der Waals surface area contributed by atoms with E-state index in [1.54, 1.807) is 4.80 Å². The fourth-order valence-electron chi connectivity index (χ4n) is 6.25. The molecule has 2 aliphatic rings. The van der Waals surface area contributed by atoms with Crippen LogP contribution >= 0.6 is 11.8 Å². The van der Waals surface area contributed by atoms with Crippen molar-refractivity contribution in [2.75, 3.05) is 9.80 Å². The molecule has 0 fully saturated rings. The topological polar surface area (TPSA) is 37.2 Å². The maximum atomic E-state index is 4.92. The van der Waals surface area contributed by atoms with E-state index in [4.69, 9.17) is 10.2 Å². The molecule has 6 aromatic carbocycles. The predicted octanol–water partition coefficient (Wildman–Crippen LogP) is 9.73. The monoisotopic (exact) mass is 571 g/mol. The van der Waals surface area contributed by atoms with Gasteiger partial charge < -0.3 is 9.80 Å². The van der Waals surface area contributed by atoms with Crippen LogP contribution in [0.4, 0.5) is 34.1 Å².